The second kappa shape index (κ2) is 8.46. The van der Waals surface area contributed by atoms with E-state index in [1.807, 2.05) is 0 Å². The van der Waals surface area contributed by atoms with Crippen LogP contribution in [0.2, 0.25) is 10.0 Å². The van der Waals surface area contributed by atoms with Gasteiger partial charge in [-0.05, 0) is 30.2 Å². The summed E-state index contributed by atoms with van der Waals surface area (Å²) >= 11 is 12.1. The molecule has 0 aliphatic rings. The molecule has 2 aromatic rings. The van der Waals surface area contributed by atoms with Gasteiger partial charge in [-0.1, -0.05) is 29.3 Å². The molecule has 130 valence electrons. The fraction of sp³-hybridized carbons (Fsp3) is 0.312. The first-order valence-electron chi connectivity index (χ1n) is 7.09. The summed E-state index contributed by atoms with van der Waals surface area (Å²) in [5, 5.41) is 11.1. The number of aromatic nitrogens is 1. The number of benzene rings is 1. The van der Waals surface area contributed by atoms with Crippen molar-refractivity contribution in [2.75, 3.05) is 6.61 Å². The standard InChI is InChI=1S/C16H15Cl2F2NO3/c1-2-23-15-5-9(3-4-14(15)24-16(19)20)13(22)6-10-11(17)7-21-8-12(10)18/h3-5,7-8,13,16,22H,2,6H2,1H3/t13-/m0/s1. The highest BCUT2D eigenvalue weighted by atomic mass is 35.5. The lowest BCUT2D eigenvalue weighted by Gasteiger charge is -2.16. The van der Waals surface area contributed by atoms with E-state index in [1.165, 1.54) is 30.6 Å². The minimum atomic E-state index is -2.96. The summed E-state index contributed by atoms with van der Waals surface area (Å²) < 4.78 is 34.5. The highest BCUT2D eigenvalue weighted by Crippen LogP contribution is 2.34. The molecule has 1 aromatic heterocycles. The Hall–Kier alpha value is -1.63. The lowest BCUT2D eigenvalue weighted by Crippen LogP contribution is -2.07. The summed E-state index contributed by atoms with van der Waals surface area (Å²) in [6.45, 7) is -0.984. The van der Waals surface area contributed by atoms with Crippen LogP contribution in [0.5, 0.6) is 11.5 Å². The van der Waals surface area contributed by atoms with Crippen molar-refractivity contribution >= 4 is 23.2 Å². The minimum absolute atomic E-state index is 0.0947. The highest BCUT2D eigenvalue weighted by Gasteiger charge is 2.17. The van der Waals surface area contributed by atoms with Crippen LogP contribution >= 0.6 is 23.2 Å². The maximum absolute atomic E-state index is 12.4. The Morgan fingerprint density at radius 1 is 1.17 bits per heavy atom. The molecule has 8 heteroatoms. The number of pyridine rings is 1. The molecule has 0 unspecified atom stereocenters. The molecule has 0 aliphatic carbocycles. The molecular weight excluding hydrogens is 363 g/mol. The lowest BCUT2D eigenvalue weighted by atomic mass is 10.0. The Bertz CT molecular complexity index is 681. The van der Waals surface area contributed by atoms with E-state index in [0.717, 1.165) is 0 Å². The number of rotatable bonds is 7. The van der Waals surface area contributed by atoms with Gasteiger partial charge in [0.2, 0.25) is 0 Å². The molecule has 0 radical (unpaired) electrons. The predicted octanol–water partition coefficient (Wildman–Crippen LogP) is 4.66. The molecule has 0 amide bonds. The summed E-state index contributed by atoms with van der Waals surface area (Å²) in [6.07, 6.45) is 2.05. The van der Waals surface area contributed by atoms with Gasteiger partial charge in [-0.2, -0.15) is 8.78 Å². The van der Waals surface area contributed by atoms with Crippen LogP contribution < -0.4 is 9.47 Å². The van der Waals surface area contributed by atoms with Gasteiger partial charge in [0.15, 0.2) is 11.5 Å². The number of hydrogen-bond donors (Lipinski definition) is 1. The van der Waals surface area contributed by atoms with E-state index in [-0.39, 0.29) is 24.5 Å². The SMILES string of the molecule is CCOc1cc([C@@H](O)Cc2c(Cl)cncc2Cl)ccc1OC(F)F. The van der Waals surface area contributed by atoms with Gasteiger partial charge in [-0.25, -0.2) is 0 Å². The Morgan fingerprint density at radius 3 is 2.42 bits per heavy atom. The van der Waals surface area contributed by atoms with Crippen molar-refractivity contribution in [3.63, 3.8) is 0 Å². The van der Waals surface area contributed by atoms with Crippen molar-refractivity contribution in [2.24, 2.45) is 0 Å². The van der Waals surface area contributed by atoms with E-state index in [2.05, 4.69) is 9.72 Å². The van der Waals surface area contributed by atoms with Gasteiger partial charge in [0.25, 0.3) is 0 Å². The summed E-state index contributed by atoms with van der Waals surface area (Å²) in [5.41, 5.74) is 1.01. The molecule has 1 N–H and O–H groups in total. The Labute approximate surface area is 147 Å². The maximum atomic E-state index is 12.4. The third-order valence-corrected chi connectivity index (χ3v) is 3.87. The number of hydrogen-bond acceptors (Lipinski definition) is 4. The van der Waals surface area contributed by atoms with Crippen LogP contribution in [0.25, 0.3) is 0 Å². The third kappa shape index (κ3) is 4.69. The predicted molar refractivity (Wildman–Crippen MR) is 87.2 cm³/mol. The van der Waals surface area contributed by atoms with Gasteiger partial charge < -0.3 is 14.6 Å². The molecule has 0 aliphatic heterocycles. The van der Waals surface area contributed by atoms with Crippen molar-refractivity contribution in [3.8, 4) is 11.5 Å². The number of aliphatic hydroxyl groups is 1. The van der Waals surface area contributed by atoms with Gasteiger partial charge in [0.05, 0.1) is 22.8 Å². The lowest BCUT2D eigenvalue weighted by molar-refractivity contribution is -0.0514. The summed E-state index contributed by atoms with van der Waals surface area (Å²) in [6, 6.07) is 4.26. The molecule has 0 fully saturated rings. The summed E-state index contributed by atoms with van der Waals surface area (Å²) in [7, 11) is 0. The van der Waals surface area contributed by atoms with Crippen LogP contribution in [0.3, 0.4) is 0 Å². The first-order chi connectivity index (χ1) is 11.4. The van der Waals surface area contributed by atoms with Crippen molar-refractivity contribution in [1.29, 1.82) is 0 Å². The Morgan fingerprint density at radius 2 is 1.83 bits per heavy atom. The Kier molecular flexibility index (Phi) is 6.60. The zero-order valence-electron chi connectivity index (χ0n) is 12.7. The fourth-order valence-corrected chi connectivity index (χ4v) is 2.66. The molecule has 4 nitrogen and oxygen atoms in total. The number of ether oxygens (including phenoxy) is 2. The van der Waals surface area contributed by atoms with Crippen molar-refractivity contribution in [2.45, 2.75) is 26.1 Å². The molecule has 1 heterocycles. The van der Waals surface area contributed by atoms with Crippen LogP contribution in [-0.4, -0.2) is 23.3 Å². The molecule has 0 saturated heterocycles. The topological polar surface area (TPSA) is 51.6 Å². The molecule has 2 rings (SSSR count). The first kappa shape index (κ1) is 18.7. The monoisotopic (exact) mass is 377 g/mol. The number of aliphatic hydroxyl groups excluding tert-OH is 1. The summed E-state index contributed by atoms with van der Waals surface area (Å²) in [4.78, 5) is 3.85. The van der Waals surface area contributed by atoms with E-state index < -0.39 is 12.7 Å². The molecule has 24 heavy (non-hydrogen) atoms. The first-order valence-corrected chi connectivity index (χ1v) is 7.85. The Balaban J connectivity index is 2.25. The van der Waals surface area contributed by atoms with E-state index in [1.54, 1.807) is 6.92 Å². The summed E-state index contributed by atoms with van der Waals surface area (Å²) in [5.74, 6) is 0.0315. The highest BCUT2D eigenvalue weighted by molar-refractivity contribution is 6.35. The maximum Gasteiger partial charge on any atom is 0.387 e. The zero-order valence-corrected chi connectivity index (χ0v) is 14.2. The average Bonchev–Trinajstić information content (AvgIpc) is 2.52. The number of alkyl halides is 2. The van der Waals surface area contributed by atoms with Crippen molar-refractivity contribution in [3.05, 3.63) is 51.8 Å². The van der Waals surface area contributed by atoms with Crippen LogP contribution in [-0.2, 0) is 6.42 Å². The van der Waals surface area contributed by atoms with E-state index in [9.17, 15) is 13.9 Å². The van der Waals surface area contributed by atoms with E-state index in [0.29, 0.717) is 21.2 Å². The van der Waals surface area contributed by atoms with E-state index >= 15 is 0 Å². The van der Waals surface area contributed by atoms with Gasteiger partial charge in [0.1, 0.15) is 0 Å². The van der Waals surface area contributed by atoms with Crippen LogP contribution in [0.1, 0.15) is 24.2 Å². The molecule has 1 aromatic carbocycles. The van der Waals surface area contributed by atoms with Crippen LogP contribution in [0.15, 0.2) is 30.6 Å². The quantitative estimate of drug-likeness (QED) is 0.761. The molecule has 0 bridgehead atoms. The van der Waals surface area contributed by atoms with Crippen LogP contribution in [0.4, 0.5) is 8.78 Å². The minimum Gasteiger partial charge on any atom is -0.490 e. The third-order valence-electron chi connectivity index (χ3n) is 3.22. The number of halogens is 4. The average molecular weight is 378 g/mol. The van der Waals surface area contributed by atoms with Crippen LogP contribution in [0, 0.1) is 0 Å². The van der Waals surface area contributed by atoms with Gasteiger partial charge in [-0.15, -0.1) is 0 Å². The van der Waals surface area contributed by atoms with Gasteiger partial charge >= 0.3 is 6.61 Å². The molecule has 0 saturated carbocycles. The molecule has 0 spiro atoms. The zero-order chi connectivity index (χ0) is 17.7. The van der Waals surface area contributed by atoms with Crippen molar-refractivity contribution < 1.29 is 23.4 Å². The molecule has 1 atom stereocenters. The van der Waals surface area contributed by atoms with Gasteiger partial charge in [0, 0.05) is 18.8 Å². The molecular formula is C16H15Cl2F2NO3. The second-order valence-corrected chi connectivity index (χ2v) is 5.63. The van der Waals surface area contributed by atoms with Gasteiger partial charge in [-0.3, -0.25) is 4.98 Å². The fourth-order valence-electron chi connectivity index (χ4n) is 2.14. The van der Waals surface area contributed by atoms with E-state index in [4.69, 9.17) is 27.9 Å². The van der Waals surface area contributed by atoms with Crippen molar-refractivity contribution in [1.82, 2.24) is 4.98 Å². The smallest absolute Gasteiger partial charge is 0.387 e. The second-order valence-electron chi connectivity index (χ2n) is 4.82. The number of nitrogens with zero attached hydrogens (tertiary/aromatic N) is 1. The normalized spacial score (nSPS) is 12.3. The largest absolute Gasteiger partial charge is 0.490 e.